The summed E-state index contributed by atoms with van der Waals surface area (Å²) in [5.74, 6) is 1.33. The number of nitrogens with zero attached hydrogens (tertiary/aromatic N) is 4. The number of ether oxygens (including phenoxy) is 1. The van der Waals surface area contributed by atoms with Crippen LogP contribution in [0.5, 0.6) is 0 Å². The summed E-state index contributed by atoms with van der Waals surface area (Å²) in [5, 5.41) is 10.1. The highest BCUT2D eigenvalue weighted by molar-refractivity contribution is 5.74. The Morgan fingerprint density at radius 2 is 2.32 bits per heavy atom. The number of carbonyl (C=O) groups excluding carboxylic acids is 1. The molecular weight excluding hydrogens is 320 g/mol. The van der Waals surface area contributed by atoms with Crippen LogP contribution in [0.3, 0.4) is 0 Å². The Kier molecular flexibility index (Phi) is 5.60. The van der Waals surface area contributed by atoms with Crippen LogP contribution in [0.1, 0.15) is 48.1 Å². The first-order chi connectivity index (χ1) is 12.2. The van der Waals surface area contributed by atoms with Gasteiger partial charge in [-0.25, -0.2) is 9.78 Å². The SMILES string of the molecule is COCc1nc(C2CCCCN2C(=O)NCc2cncc(C)c2)n[nH]1. The summed E-state index contributed by atoms with van der Waals surface area (Å²) in [7, 11) is 1.61. The summed E-state index contributed by atoms with van der Waals surface area (Å²) in [6.45, 7) is 3.53. The maximum atomic E-state index is 12.7. The average molecular weight is 344 g/mol. The highest BCUT2D eigenvalue weighted by Crippen LogP contribution is 2.28. The van der Waals surface area contributed by atoms with Crippen LogP contribution in [0.15, 0.2) is 18.5 Å². The van der Waals surface area contributed by atoms with Crippen LogP contribution in [-0.4, -0.2) is 44.8 Å². The summed E-state index contributed by atoms with van der Waals surface area (Å²) >= 11 is 0. The van der Waals surface area contributed by atoms with E-state index in [0.717, 1.165) is 30.4 Å². The lowest BCUT2D eigenvalue weighted by Crippen LogP contribution is -2.44. The molecule has 1 atom stereocenters. The number of pyridine rings is 1. The van der Waals surface area contributed by atoms with Gasteiger partial charge in [0.25, 0.3) is 0 Å². The second-order valence-corrected chi connectivity index (χ2v) is 6.31. The van der Waals surface area contributed by atoms with Gasteiger partial charge in [0.15, 0.2) is 11.6 Å². The number of amides is 2. The third-order valence-electron chi connectivity index (χ3n) is 4.27. The van der Waals surface area contributed by atoms with Crippen molar-refractivity contribution in [1.82, 2.24) is 30.4 Å². The Morgan fingerprint density at radius 1 is 1.44 bits per heavy atom. The summed E-state index contributed by atoms with van der Waals surface area (Å²) < 4.78 is 5.07. The zero-order valence-corrected chi connectivity index (χ0v) is 14.7. The van der Waals surface area contributed by atoms with E-state index in [1.165, 1.54) is 0 Å². The standard InChI is InChI=1S/C17H24N6O2/c1-12-7-13(9-18-8-12)10-19-17(24)23-6-4-3-5-14(23)16-20-15(11-25-2)21-22-16/h7-9,14H,3-6,10-11H2,1-2H3,(H,19,24)(H,20,21,22). The molecule has 8 heteroatoms. The van der Waals surface area contributed by atoms with Gasteiger partial charge in [0.1, 0.15) is 6.61 Å². The molecule has 2 aromatic rings. The van der Waals surface area contributed by atoms with Crippen molar-refractivity contribution in [2.24, 2.45) is 0 Å². The predicted molar refractivity (Wildman–Crippen MR) is 91.6 cm³/mol. The van der Waals surface area contributed by atoms with E-state index in [1.54, 1.807) is 19.5 Å². The number of likely N-dealkylation sites (tertiary alicyclic amines) is 1. The number of H-pyrrole nitrogens is 1. The van der Waals surface area contributed by atoms with Crippen LogP contribution in [0, 0.1) is 6.92 Å². The van der Waals surface area contributed by atoms with Gasteiger partial charge in [-0.05, 0) is 37.3 Å². The molecule has 0 spiro atoms. The van der Waals surface area contributed by atoms with E-state index in [0.29, 0.717) is 31.3 Å². The Hall–Kier alpha value is -2.48. The molecular formula is C17H24N6O2. The highest BCUT2D eigenvalue weighted by atomic mass is 16.5. The van der Waals surface area contributed by atoms with Crippen molar-refractivity contribution in [1.29, 1.82) is 0 Å². The molecule has 134 valence electrons. The van der Waals surface area contributed by atoms with E-state index in [2.05, 4.69) is 25.5 Å². The van der Waals surface area contributed by atoms with Gasteiger partial charge in [0, 0.05) is 32.6 Å². The number of aromatic nitrogens is 4. The van der Waals surface area contributed by atoms with E-state index in [1.807, 2.05) is 17.9 Å². The third kappa shape index (κ3) is 4.33. The van der Waals surface area contributed by atoms with Crippen LogP contribution in [-0.2, 0) is 17.9 Å². The molecule has 1 aliphatic heterocycles. The Bertz CT molecular complexity index is 717. The van der Waals surface area contributed by atoms with Gasteiger partial charge >= 0.3 is 6.03 Å². The normalized spacial score (nSPS) is 17.5. The number of methoxy groups -OCH3 is 1. The fourth-order valence-corrected chi connectivity index (χ4v) is 3.10. The third-order valence-corrected chi connectivity index (χ3v) is 4.27. The molecule has 1 saturated heterocycles. The Morgan fingerprint density at radius 3 is 3.12 bits per heavy atom. The first kappa shape index (κ1) is 17.3. The summed E-state index contributed by atoms with van der Waals surface area (Å²) in [5.41, 5.74) is 2.07. The zero-order chi connectivity index (χ0) is 17.6. The molecule has 3 rings (SSSR count). The number of piperidine rings is 1. The number of hydrogen-bond acceptors (Lipinski definition) is 5. The lowest BCUT2D eigenvalue weighted by atomic mass is 10.0. The molecule has 3 heterocycles. The molecule has 2 aromatic heterocycles. The van der Waals surface area contributed by atoms with Crippen molar-refractivity contribution in [3.8, 4) is 0 Å². The highest BCUT2D eigenvalue weighted by Gasteiger charge is 2.30. The molecule has 0 bridgehead atoms. The first-order valence-corrected chi connectivity index (χ1v) is 8.52. The molecule has 1 aliphatic rings. The smallest absolute Gasteiger partial charge is 0.318 e. The maximum Gasteiger partial charge on any atom is 0.318 e. The number of aromatic amines is 1. The molecule has 8 nitrogen and oxygen atoms in total. The monoisotopic (exact) mass is 344 g/mol. The number of nitrogens with one attached hydrogen (secondary N) is 2. The summed E-state index contributed by atoms with van der Waals surface area (Å²) in [6.07, 6.45) is 6.49. The van der Waals surface area contributed by atoms with Crippen molar-refractivity contribution in [2.75, 3.05) is 13.7 Å². The van der Waals surface area contributed by atoms with Gasteiger partial charge in [-0.15, -0.1) is 0 Å². The maximum absolute atomic E-state index is 12.7. The quantitative estimate of drug-likeness (QED) is 0.866. The van der Waals surface area contributed by atoms with Gasteiger partial charge in [0.05, 0.1) is 6.04 Å². The molecule has 0 saturated carbocycles. The minimum atomic E-state index is -0.105. The van der Waals surface area contributed by atoms with E-state index < -0.39 is 0 Å². The second-order valence-electron chi connectivity index (χ2n) is 6.31. The number of urea groups is 1. The van der Waals surface area contributed by atoms with Crippen LogP contribution < -0.4 is 5.32 Å². The van der Waals surface area contributed by atoms with E-state index in [4.69, 9.17) is 4.74 Å². The van der Waals surface area contributed by atoms with E-state index in [-0.39, 0.29) is 12.1 Å². The Balaban J connectivity index is 1.66. The van der Waals surface area contributed by atoms with Gasteiger partial charge < -0.3 is 15.0 Å². The molecule has 0 aromatic carbocycles. The zero-order valence-electron chi connectivity index (χ0n) is 14.7. The summed E-state index contributed by atoms with van der Waals surface area (Å²) in [6, 6.07) is 1.82. The number of hydrogen-bond donors (Lipinski definition) is 2. The topological polar surface area (TPSA) is 96.0 Å². The number of aryl methyl sites for hydroxylation is 1. The molecule has 2 amide bonds. The number of carbonyl (C=O) groups is 1. The van der Waals surface area contributed by atoms with Gasteiger partial charge in [-0.3, -0.25) is 10.1 Å². The van der Waals surface area contributed by atoms with Crippen molar-refractivity contribution in [3.63, 3.8) is 0 Å². The van der Waals surface area contributed by atoms with Gasteiger partial charge in [-0.1, -0.05) is 6.07 Å². The number of rotatable bonds is 5. The molecule has 1 fully saturated rings. The van der Waals surface area contributed by atoms with Crippen molar-refractivity contribution in [2.45, 2.75) is 45.4 Å². The minimum absolute atomic E-state index is 0.0932. The molecule has 0 radical (unpaired) electrons. The average Bonchev–Trinajstić information content (AvgIpc) is 3.09. The van der Waals surface area contributed by atoms with E-state index in [9.17, 15) is 4.79 Å². The molecule has 25 heavy (non-hydrogen) atoms. The molecule has 1 unspecified atom stereocenters. The van der Waals surface area contributed by atoms with Crippen molar-refractivity contribution >= 4 is 6.03 Å². The summed E-state index contributed by atoms with van der Waals surface area (Å²) in [4.78, 5) is 23.1. The van der Waals surface area contributed by atoms with Crippen molar-refractivity contribution in [3.05, 3.63) is 41.2 Å². The van der Waals surface area contributed by atoms with Crippen molar-refractivity contribution < 1.29 is 9.53 Å². The lowest BCUT2D eigenvalue weighted by Gasteiger charge is -2.34. The van der Waals surface area contributed by atoms with E-state index >= 15 is 0 Å². The van der Waals surface area contributed by atoms with Crippen LogP contribution in [0.25, 0.3) is 0 Å². The predicted octanol–water partition coefficient (Wildman–Crippen LogP) is 2.09. The molecule has 0 aliphatic carbocycles. The van der Waals surface area contributed by atoms with Gasteiger partial charge in [-0.2, -0.15) is 5.10 Å². The fraction of sp³-hybridized carbons (Fsp3) is 0.529. The van der Waals surface area contributed by atoms with Crippen LogP contribution in [0.2, 0.25) is 0 Å². The van der Waals surface area contributed by atoms with Crippen LogP contribution >= 0.6 is 0 Å². The second kappa shape index (κ2) is 8.06. The lowest BCUT2D eigenvalue weighted by molar-refractivity contribution is 0.147. The van der Waals surface area contributed by atoms with Crippen LogP contribution in [0.4, 0.5) is 4.79 Å². The Labute approximate surface area is 147 Å². The largest absolute Gasteiger partial charge is 0.377 e. The van der Waals surface area contributed by atoms with Gasteiger partial charge in [0.2, 0.25) is 0 Å². The first-order valence-electron chi connectivity index (χ1n) is 8.52. The molecule has 2 N–H and O–H groups in total. The fourth-order valence-electron chi connectivity index (χ4n) is 3.10. The minimum Gasteiger partial charge on any atom is -0.377 e.